The zero-order valence-electron chi connectivity index (χ0n) is 16.8. The van der Waals surface area contributed by atoms with Crippen molar-refractivity contribution in [3.8, 4) is 11.3 Å². The Balaban J connectivity index is 1.51. The van der Waals surface area contributed by atoms with E-state index in [2.05, 4.69) is 15.0 Å². The van der Waals surface area contributed by atoms with Gasteiger partial charge in [-0.25, -0.2) is 0 Å². The molecule has 30 heavy (non-hydrogen) atoms. The quantitative estimate of drug-likeness (QED) is 0.669. The van der Waals surface area contributed by atoms with E-state index in [1.54, 1.807) is 4.68 Å². The fourth-order valence-electron chi connectivity index (χ4n) is 4.36. The number of fused-ring (bicyclic) bond motifs is 3. The number of nitrogens with zero attached hydrogens (tertiary/aromatic N) is 4. The summed E-state index contributed by atoms with van der Waals surface area (Å²) in [4.78, 5) is 20.6. The first kappa shape index (κ1) is 19.9. The minimum absolute atomic E-state index is 0.149. The molecular formula is C21H23Cl2N5O2. The summed E-state index contributed by atoms with van der Waals surface area (Å²) in [6, 6.07) is 3.83. The maximum absolute atomic E-state index is 13.0. The monoisotopic (exact) mass is 447 g/mol. The summed E-state index contributed by atoms with van der Waals surface area (Å²) < 4.78 is 7.15. The van der Waals surface area contributed by atoms with Crippen molar-refractivity contribution in [2.45, 2.75) is 13.0 Å². The molecule has 158 valence electrons. The maximum Gasteiger partial charge on any atom is 0.237 e. The lowest BCUT2D eigenvalue weighted by Crippen LogP contribution is -2.46. The van der Waals surface area contributed by atoms with Gasteiger partial charge in [0.15, 0.2) is 0 Å². The van der Waals surface area contributed by atoms with Crippen molar-refractivity contribution >= 4 is 40.0 Å². The van der Waals surface area contributed by atoms with Gasteiger partial charge in [0.05, 0.1) is 41.0 Å². The van der Waals surface area contributed by atoms with Crippen molar-refractivity contribution in [3.05, 3.63) is 39.6 Å². The number of aryl methyl sites for hydroxylation is 1. The Hall–Kier alpha value is -2.06. The van der Waals surface area contributed by atoms with E-state index >= 15 is 0 Å². The number of H-pyrrole nitrogens is 1. The van der Waals surface area contributed by atoms with Gasteiger partial charge in [-0.3, -0.25) is 14.4 Å². The van der Waals surface area contributed by atoms with E-state index in [-0.39, 0.29) is 5.91 Å². The molecule has 1 saturated heterocycles. The Morgan fingerprint density at radius 1 is 1.27 bits per heavy atom. The van der Waals surface area contributed by atoms with Crippen LogP contribution >= 0.6 is 23.2 Å². The number of aromatic amines is 1. The number of rotatable bonds is 3. The van der Waals surface area contributed by atoms with Gasteiger partial charge in [0.1, 0.15) is 0 Å². The smallest absolute Gasteiger partial charge is 0.237 e. The number of nitrogens with one attached hydrogen (secondary N) is 1. The summed E-state index contributed by atoms with van der Waals surface area (Å²) in [6.07, 6.45) is 2.66. The molecule has 0 aliphatic carbocycles. The third kappa shape index (κ3) is 3.50. The predicted octanol–water partition coefficient (Wildman–Crippen LogP) is 3.09. The van der Waals surface area contributed by atoms with E-state index in [1.165, 1.54) is 0 Å². The summed E-state index contributed by atoms with van der Waals surface area (Å²) in [6.45, 7) is 4.65. The van der Waals surface area contributed by atoms with Gasteiger partial charge in [0.2, 0.25) is 5.91 Å². The molecule has 5 rings (SSSR count). The standard InChI is InChI=1S/C21H23Cl2N5O2/c1-26-4-2-17(25-26)13-10-15(22)20(23)21-19(13)14-11-28(5-3-16(14)24-21)18(29)12-27-6-8-30-9-7-27/h2,4,10,24H,3,5-9,11-12H2,1H3. The Labute approximate surface area is 184 Å². The Morgan fingerprint density at radius 3 is 2.80 bits per heavy atom. The number of aromatic nitrogens is 3. The number of halogens is 2. The third-order valence-electron chi connectivity index (χ3n) is 5.95. The highest BCUT2D eigenvalue weighted by atomic mass is 35.5. The second-order valence-electron chi connectivity index (χ2n) is 7.88. The first-order chi connectivity index (χ1) is 14.5. The zero-order valence-corrected chi connectivity index (χ0v) is 18.3. The van der Waals surface area contributed by atoms with Crippen LogP contribution in [0.2, 0.25) is 10.0 Å². The molecule has 0 unspecified atom stereocenters. The second-order valence-corrected chi connectivity index (χ2v) is 8.67. The van der Waals surface area contributed by atoms with Gasteiger partial charge >= 0.3 is 0 Å². The normalized spacial score (nSPS) is 17.5. The summed E-state index contributed by atoms with van der Waals surface area (Å²) in [5, 5.41) is 6.56. The van der Waals surface area contributed by atoms with Crippen molar-refractivity contribution in [2.75, 3.05) is 39.4 Å². The summed E-state index contributed by atoms with van der Waals surface area (Å²) >= 11 is 13.0. The summed E-state index contributed by atoms with van der Waals surface area (Å²) in [5.74, 6) is 0.149. The van der Waals surface area contributed by atoms with E-state index in [9.17, 15) is 4.79 Å². The van der Waals surface area contributed by atoms with Crippen molar-refractivity contribution in [3.63, 3.8) is 0 Å². The highest BCUT2D eigenvalue weighted by Gasteiger charge is 2.28. The van der Waals surface area contributed by atoms with Crippen molar-refractivity contribution in [2.24, 2.45) is 7.05 Å². The molecule has 3 aromatic rings. The lowest BCUT2D eigenvalue weighted by molar-refractivity contribution is -0.134. The molecule has 0 radical (unpaired) electrons. The molecule has 7 nitrogen and oxygen atoms in total. The van der Waals surface area contributed by atoms with Crippen LogP contribution in [-0.4, -0.2) is 69.9 Å². The number of carbonyl (C=O) groups is 1. The minimum atomic E-state index is 0.149. The molecule has 4 heterocycles. The van der Waals surface area contributed by atoms with Crippen LogP contribution in [0.4, 0.5) is 0 Å². The molecule has 1 fully saturated rings. The van der Waals surface area contributed by atoms with Gasteiger partial charge in [0, 0.05) is 68.1 Å². The van der Waals surface area contributed by atoms with Gasteiger partial charge < -0.3 is 14.6 Å². The Kier molecular flexibility index (Phi) is 5.23. The van der Waals surface area contributed by atoms with Crippen LogP contribution in [0.25, 0.3) is 22.2 Å². The van der Waals surface area contributed by atoms with E-state index in [0.29, 0.717) is 42.9 Å². The van der Waals surface area contributed by atoms with Crippen molar-refractivity contribution in [1.82, 2.24) is 24.6 Å². The van der Waals surface area contributed by atoms with Crippen LogP contribution in [0.15, 0.2) is 18.3 Å². The molecule has 0 spiro atoms. The summed E-state index contributed by atoms with van der Waals surface area (Å²) in [7, 11) is 1.89. The fraction of sp³-hybridized carbons (Fsp3) is 0.429. The average molecular weight is 448 g/mol. The SMILES string of the molecule is Cn1ccc(-c2cc(Cl)c(Cl)c3[nH]c4c(c23)CN(C(=O)CN2CCOCC2)CC4)n1. The zero-order chi connectivity index (χ0) is 20.8. The topological polar surface area (TPSA) is 66.4 Å². The highest BCUT2D eigenvalue weighted by Crippen LogP contribution is 2.41. The van der Waals surface area contributed by atoms with Crippen LogP contribution in [0.3, 0.4) is 0 Å². The lowest BCUT2D eigenvalue weighted by atomic mass is 9.99. The molecule has 9 heteroatoms. The number of ether oxygens (including phenoxy) is 1. The summed E-state index contributed by atoms with van der Waals surface area (Å²) in [5.41, 5.74) is 4.80. The van der Waals surface area contributed by atoms with Crippen LogP contribution < -0.4 is 0 Å². The van der Waals surface area contributed by atoms with Gasteiger partial charge in [-0.1, -0.05) is 23.2 Å². The number of benzene rings is 1. The number of amides is 1. The van der Waals surface area contributed by atoms with E-state index in [0.717, 1.165) is 52.9 Å². The average Bonchev–Trinajstić information content (AvgIpc) is 3.35. The molecule has 0 atom stereocenters. The van der Waals surface area contributed by atoms with Gasteiger partial charge in [-0.15, -0.1) is 0 Å². The molecule has 0 bridgehead atoms. The Bertz CT molecular complexity index is 1120. The van der Waals surface area contributed by atoms with E-state index in [4.69, 9.17) is 27.9 Å². The van der Waals surface area contributed by atoms with Gasteiger partial charge in [0.25, 0.3) is 0 Å². The van der Waals surface area contributed by atoms with Crippen LogP contribution in [0.1, 0.15) is 11.3 Å². The molecule has 2 aliphatic heterocycles. The minimum Gasteiger partial charge on any atom is -0.379 e. The van der Waals surface area contributed by atoms with Crippen LogP contribution in [0.5, 0.6) is 0 Å². The first-order valence-corrected chi connectivity index (χ1v) is 10.9. The number of hydrogen-bond acceptors (Lipinski definition) is 4. The fourth-order valence-corrected chi connectivity index (χ4v) is 4.76. The van der Waals surface area contributed by atoms with E-state index in [1.807, 2.05) is 30.3 Å². The molecule has 1 N–H and O–H groups in total. The Morgan fingerprint density at radius 2 is 2.07 bits per heavy atom. The van der Waals surface area contributed by atoms with Crippen molar-refractivity contribution in [1.29, 1.82) is 0 Å². The molecular weight excluding hydrogens is 425 g/mol. The van der Waals surface area contributed by atoms with Crippen LogP contribution in [0, 0.1) is 0 Å². The molecule has 2 aromatic heterocycles. The number of carbonyl (C=O) groups excluding carboxylic acids is 1. The molecule has 2 aliphatic rings. The van der Waals surface area contributed by atoms with Gasteiger partial charge in [-0.2, -0.15) is 5.10 Å². The second kappa shape index (κ2) is 7.89. The third-order valence-corrected chi connectivity index (χ3v) is 6.73. The largest absolute Gasteiger partial charge is 0.379 e. The van der Waals surface area contributed by atoms with Gasteiger partial charge in [-0.05, 0) is 12.1 Å². The number of hydrogen-bond donors (Lipinski definition) is 1. The first-order valence-electron chi connectivity index (χ1n) is 10.1. The molecule has 1 aromatic carbocycles. The van der Waals surface area contributed by atoms with Crippen LogP contribution in [-0.2, 0) is 29.5 Å². The lowest BCUT2D eigenvalue weighted by Gasteiger charge is -2.31. The number of morpholine rings is 1. The molecule has 0 saturated carbocycles. The van der Waals surface area contributed by atoms with Crippen molar-refractivity contribution < 1.29 is 9.53 Å². The maximum atomic E-state index is 13.0. The molecule has 1 amide bonds. The predicted molar refractivity (Wildman–Crippen MR) is 117 cm³/mol. The highest BCUT2D eigenvalue weighted by molar-refractivity contribution is 6.45. The van der Waals surface area contributed by atoms with E-state index < -0.39 is 0 Å².